The summed E-state index contributed by atoms with van der Waals surface area (Å²) in [7, 11) is 0. The van der Waals surface area contributed by atoms with E-state index in [9.17, 15) is 19.7 Å². The zero-order valence-corrected chi connectivity index (χ0v) is 21.3. The summed E-state index contributed by atoms with van der Waals surface area (Å²) in [5.74, 6) is -0.601. The zero-order chi connectivity index (χ0) is 26.2. The molecule has 192 valence electrons. The van der Waals surface area contributed by atoms with Crippen LogP contribution in [0.25, 0.3) is 0 Å². The van der Waals surface area contributed by atoms with Crippen molar-refractivity contribution in [3.05, 3.63) is 111 Å². The minimum absolute atomic E-state index is 0.0817. The number of carbonyl (C=O) groups is 2. The second-order valence-electron chi connectivity index (χ2n) is 9.37. The fourth-order valence-electron chi connectivity index (χ4n) is 4.83. The minimum atomic E-state index is -0.811. The number of nitro benzene ring substituents is 1. The Kier molecular flexibility index (Phi) is 8.90. The van der Waals surface area contributed by atoms with Crippen molar-refractivity contribution in [1.82, 2.24) is 10.2 Å². The highest BCUT2D eigenvalue weighted by Crippen LogP contribution is 2.25. The predicted molar refractivity (Wildman–Crippen MR) is 143 cm³/mol. The SMILES string of the molecule is O=C(NC1CCCC1)C(Cc1ccccc1)N(Cc1ccccc1Cl)C(=O)Cc1ccccc1[N+](=O)[O-]. The van der Waals surface area contributed by atoms with Crippen molar-refractivity contribution < 1.29 is 14.5 Å². The van der Waals surface area contributed by atoms with Gasteiger partial charge in [0.25, 0.3) is 5.69 Å². The van der Waals surface area contributed by atoms with Crippen molar-refractivity contribution in [3.8, 4) is 0 Å². The molecule has 1 aliphatic carbocycles. The Morgan fingerprint density at radius 3 is 2.24 bits per heavy atom. The Morgan fingerprint density at radius 2 is 1.57 bits per heavy atom. The van der Waals surface area contributed by atoms with Crippen LogP contribution in [0.4, 0.5) is 5.69 Å². The summed E-state index contributed by atoms with van der Waals surface area (Å²) < 4.78 is 0. The summed E-state index contributed by atoms with van der Waals surface area (Å²) in [6.45, 7) is 0.106. The Balaban J connectivity index is 1.70. The number of hydrogen-bond acceptors (Lipinski definition) is 4. The molecule has 4 rings (SSSR count). The molecule has 1 unspecified atom stereocenters. The molecule has 0 radical (unpaired) electrons. The van der Waals surface area contributed by atoms with E-state index in [0.29, 0.717) is 22.6 Å². The molecule has 2 amide bonds. The highest BCUT2D eigenvalue weighted by molar-refractivity contribution is 6.31. The molecule has 0 aliphatic heterocycles. The van der Waals surface area contributed by atoms with E-state index in [4.69, 9.17) is 11.6 Å². The van der Waals surface area contributed by atoms with Gasteiger partial charge in [0.15, 0.2) is 0 Å². The lowest BCUT2D eigenvalue weighted by atomic mass is 10.0. The van der Waals surface area contributed by atoms with Crippen molar-refractivity contribution in [2.45, 2.75) is 57.2 Å². The van der Waals surface area contributed by atoms with Crippen LogP contribution in [0.5, 0.6) is 0 Å². The monoisotopic (exact) mass is 519 g/mol. The largest absolute Gasteiger partial charge is 0.352 e. The van der Waals surface area contributed by atoms with E-state index in [0.717, 1.165) is 31.2 Å². The number of amides is 2. The topological polar surface area (TPSA) is 92.6 Å². The standard InChI is InChI=1S/C29H30ClN3O4/c30-25-16-8-4-13-23(25)20-32(28(34)19-22-12-5-9-17-26(22)33(36)37)27(18-21-10-2-1-3-11-21)29(35)31-24-14-6-7-15-24/h1-5,8-13,16-17,24,27H,6-7,14-15,18-20H2,(H,31,35). The van der Waals surface area contributed by atoms with E-state index >= 15 is 0 Å². The second kappa shape index (κ2) is 12.5. The third kappa shape index (κ3) is 6.95. The lowest BCUT2D eigenvalue weighted by Gasteiger charge is -2.32. The number of carbonyl (C=O) groups excluding carboxylic acids is 2. The van der Waals surface area contributed by atoms with Gasteiger partial charge >= 0.3 is 0 Å². The summed E-state index contributed by atoms with van der Waals surface area (Å²) >= 11 is 6.45. The molecule has 0 bridgehead atoms. The van der Waals surface area contributed by atoms with Gasteiger partial charge in [-0.2, -0.15) is 0 Å². The maximum atomic E-state index is 13.9. The molecule has 1 atom stereocenters. The molecule has 1 N–H and O–H groups in total. The first kappa shape index (κ1) is 26.4. The van der Waals surface area contributed by atoms with Crippen molar-refractivity contribution >= 4 is 29.1 Å². The Bertz CT molecular complexity index is 1240. The number of nitrogens with zero attached hydrogens (tertiary/aromatic N) is 2. The molecule has 37 heavy (non-hydrogen) atoms. The third-order valence-corrected chi connectivity index (χ3v) is 7.17. The van der Waals surface area contributed by atoms with Crippen LogP contribution in [0.15, 0.2) is 78.9 Å². The van der Waals surface area contributed by atoms with E-state index < -0.39 is 11.0 Å². The van der Waals surface area contributed by atoms with E-state index in [-0.39, 0.29) is 36.5 Å². The lowest BCUT2D eigenvalue weighted by molar-refractivity contribution is -0.385. The lowest BCUT2D eigenvalue weighted by Crippen LogP contribution is -2.52. The number of benzene rings is 3. The first-order valence-electron chi connectivity index (χ1n) is 12.5. The van der Waals surface area contributed by atoms with Gasteiger partial charge in [-0.05, 0) is 30.0 Å². The number of hydrogen-bond donors (Lipinski definition) is 1. The van der Waals surface area contributed by atoms with E-state index in [2.05, 4.69) is 5.32 Å². The minimum Gasteiger partial charge on any atom is -0.352 e. The molecule has 0 spiro atoms. The average Bonchev–Trinajstić information content (AvgIpc) is 3.41. The highest BCUT2D eigenvalue weighted by Gasteiger charge is 2.33. The van der Waals surface area contributed by atoms with Gasteiger partial charge in [-0.1, -0.05) is 91.2 Å². The molecule has 0 aromatic heterocycles. The van der Waals surface area contributed by atoms with Crippen molar-refractivity contribution in [3.63, 3.8) is 0 Å². The van der Waals surface area contributed by atoms with Crippen LogP contribution in [0.1, 0.15) is 42.4 Å². The third-order valence-electron chi connectivity index (χ3n) is 6.80. The first-order valence-corrected chi connectivity index (χ1v) is 12.9. The smallest absolute Gasteiger partial charge is 0.273 e. The summed E-state index contributed by atoms with van der Waals surface area (Å²) in [5, 5.41) is 15.2. The fraction of sp³-hybridized carbons (Fsp3) is 0.310. The summed E-state index contributed by atoms with van der Waals surface area (Å²) in [6, 6.07) is 22.2. The molecule has 1 aliphatic rings. The van der Waals surface area contributed by atoms with Crippen LogP contribution in [-0.2, 0) is 29.0 Å². The van der Waals surface area contributed by atoms with Gasteiger partial charge in [0.2, 0.25) is 11.8 Å². The van der Waals surface area contributed by atoms with Gasteiger partial charge in [0.05, 0.1) is 11.3 Å². The van der Waals surface area contributed by atoms with Crippen LogP contribution in [0, 0.1) is 10.1 Å². The predicted octanol–water partition coefficient (Wildman–Crippen LogP) is 5.49. The molecular weight excluding hydrogens is 490 g/mol. The first-order chi connectivity index (χ1) is 17.9. The van der Waals surface area contributed by atoms with Crippen LogP contribution in [-0.4, -0.2) is 33.7 Å². The van der Waals surface area contributed by atoms with Crippen molar-refractivity contribution in [1.29, 1.82) is 0 Å². The molecule has 0 heterocycles. The molecule has 1 fully saturated rings. The van der Waals surface area contributed by atoms with Crippen LogP contribution >= 0.6 is 11.6 Å². The normalized spacial score (nSPS) is 14.2. The van der Waals surface area contributed by atoms with Gasteiger partial charge < -0.3 is 10.2 Å². The van der Waals surface area contributed by atoms with Crippen LogP contribution < -0.4 is 5.32 Å². The van der Waals surface area contributed by atoms with E-state index in [1.54, 1.807) is 30.3 Å². The van der Waals surface area contributed by atoms with Gasteiger partial charge in [0, 0.05) is 35.7 Å². The zero-order valence-electron chi connectivity index (χ0n) is 20.5. The Labute approximate surface area is 221 Å². The van der Waals surface area contributed by atoms with Gasteiger partial charge in [0.1, 0.15) is 6.04 Å². The van der Waals surface area contributed by atoms with Crippen LogP contribution in [0.3, 0.4) is 0 Å². The Morgan fingerprint density at radius 1 is 0.946 bits per heavy atom. The van der Waals surface area contributed by atoms with Gasteiger partial charge in [-0.25, -0.2) is 0 Å². The quantitative estimate of drug-likeness (QED) is 0.283. The van der Waals surface area contributed by atoms with E-state index in [1.165, 1.54) is 11.0 Å². The fourth-order valence-corrected chi connectivity index (χ4v) is 5.03. The molecule has 8 heteroatoms. The number of para-hydroxylation sites is 1. The summed E-state index contributed by atoms with van der Waals surface area (Å²) in [6.07, 6.45) is 4.06. The maximum Gasteiger partial charge on any atom is 0.273 e. The molecule has 3 aromatic carbocycles. The van der Waals surface area contributed by atoms with Gasteiger partial charge in [-0.15, -0.1) is 0 Å². The van der Waals surface area contributed by atoms with Crippen molar-refractivity contribution in [2.75, 3.05) is 0 Å². The number of halogens is 1. The van der Waals surface area contributed by atoms with Crippen molar-refractivity contribution in [2.24, 2.45) is 0 Å². The summed E-state index contributed by atoms with van der Waals surface area (Å²) in [5.41, 5.74) is 1.79. The molecular formula is C29H30ClN3O4. The van der Waals surface area contributed by atoms with Crippen LogP contribution in [0.2, 0.25) is 5.02 Å². The maximum absolute atomic E-state index is 13.9. The number of nitrogens with one attached hydrogen (secondary N) is 1. The van der Waals surface area contributed by atoms with E-state index in [1.807, 2.05) is 42.5 Å². The molecule has 3 aromatic rings. The number of rotatable bonds is 10. The number of nitro groups is 1. The highest BCUT2D eigenvalue weighted by atomic mass is 35.5. The molecule has 7 nitrogen and oxygen atoms in total. The second-order valence-corrected chi connectivity index (χ2v) is 9.78. The molecule has 1 saturated carbocycles. The van der Waals surface area contributed by atoms with Gasteiger partial charge in [-0.3, -0.25) is 19.7 Å². The Hall–Kier alpha value is -3.71. The molecule has 0 saturated heterocycles. The average molecular weight is 520 g/mol. The summed E-state index contributed by atoms with van der Waals surface area (Å²) in [4.78, 5) is 40.2.